The molecule has 0 radical (unpaired) electrons. The summed E-state index contributed by atoms with van der Waals surface area (Å²) in [4.78, 5) is 13.3. The van der Waals surface area contributed by atoms with Gasteiger partial charge in [-0.2, -0.15) is 0 Å². The molecule has 0 unspecified atom stereocenters. The third-order valence-electron chi connectivity index (χ3n) is 1.54. The van der Waals surface area contributed by atoms with Gasteiger partial charge in [0.2, 0.25) is 0 Å². The fraction of sp³-hybridized carbons (Fsp3) is 0.375. The summed E-state index contributed by atoms with van der Waals surface area (Å²) in [6, 6.07) is 0. The van der Waals surface area contributed by atoms with Crippen LogP contribution in [0.4, 0.5) is 0 Å². The first-order valence-corrected chi connectivity index (χ1v) is 4.91. The molecule has 0 amide bonds. The van der Waals surface area contributed by atoms with Crippen LogP contribution >= 0.6 is 27.3 Å². The maximum atomic E-state index is 11.1. The highest BCUT2D eigenvalue weighted by Gasteiger charge is 2.13. The molecule has 1 rings (SSSR count). The Bertz CT molecular complexity index is 301. The average Bonchev–Trinajstić information content (AvgIpc) is 2.07. The quantitative estimate of drug-likeness (QED) is 0.680. The fourth-order valence-corrected chi connectivity index (χ4v) is 3.01. The van der Waals surface area contributed by atoms with Crippen LogP contribution in [0.3, 0.4) is 0 Å². The number of rotatable bonds is 1. The Morgan fingerprint density at radius 3 is 2.09 bits per heavy atom. The smallest absolute Gasteiger partial charge is 0.162 e. The largest absolute Gasteiger partial charge is 0.294 e. The molecule has 0 aliphatic carbocycles. The molecule has 11 heavy (non-hydrogen) atoms. The van der Waals surface area contributed by atoms with Gasteiger partial charge in [-0.3, -0.25) is 4.79 Å². The lowest BCUT2D eigenvalue weighted by Crippen LogP contribution is -1.92. The number of halogens is 1. The van der Waals surface area contributed by atoms with E-state index in [9.17, 15) is 4.79 Å². The van der Waals surface area contributed by atoms with Crippen LogP contribution in [0, 0.1) is 13.8 Å². The van der Waals surface area contributed by atoms with Crippen molar-refractivity contribution >= 4 is 33.0 Å². The van der Waals surface area contributed by atoms with E-state index < -0.39 is 0 Å². The molecule has 0 aliphatic heterocycles. The molecule has 60 valence electrons. The minimum absolute atomic E-state index is 0.138. The van der Waals surface area contributed by atoms with Gasteiger partial charge in [0, 0.05) is 19.8 Å². The zero-order valence-electron chi connectivity index (χ0n) is 6.69. The molecule has 1 heterocycles. The second kappa shape index (κ2) is 3.07. The molecule has 1 nitrogen and oxygen atoms in total. The summed E-state index contributed by atoms with van der Waals surface area (Å²) in [5, 5.41) is 0. The van der Waals surface area contributed by atoms with Crippen LogP contribution in [0.2, 0.25) is 0 Å². The molecule has 0 saturated carbocycles. The van der Waals surface area contributed by atoms with Crippen LogP contribution in [0.15, 0.2) is 4.47 Å². The first-order valence-electron chi connectivity index (χ1n) is 3.30. The van der Waals surface area contributed by atoms with Gasteiger partial charge in [-0.05, 0) is 36.7 Å². The van der Waals surface area contributed by atoms with Crippen molar-refractivity contribution < 1.29 is 4.79 Å². The van der Waals surface area contributed by atoms with E-state index in [1.807, 2.05) is 13.8 Å². The summed E-state index contributed by atoms with van der Waals surface area (Å²) in [6.45, 7) is 5.58. The second-order valence-corrected chi connectivity index (χ2v) is 4.68. The van der Waals surface area contributed by atoms with Crippen LogP contribution in [-0.2, 0) is 0 Å². The molecule has 0 aromatic carbocycles. The molecule has 0 saturated heterocycles. The maximum Gasteiger partial charge on any atom is 0.162 e. The van der Waals surface area contributed by atoms with E-state index in [-0.39, 0.29) is 5.78 Å². The first kappa shape index (κ1) is 8.94. The lowest BCUT2D eigenvalue weighted by atomic mass is 10.2. The van der Waals surface area contributed by atoms with Crippen molar-refractivity contribution in [3.05, 3.63) is 19.8 Å². The van der Waals surface area contributed by atoms with Gasteiger partial charge in [-0.1, -0.05) is 0 Å². The maximum absolute atomic E-state index is 11.1. The van der Waals surface area contributed by atoms with Crippen molar-refractivity contribution in [3.63, 3.8) is 0 Å². The molecule has 3 heteroatoms. The van der Waals surface area contributed by atoms with Crippen molar-refractivity contribution in [1.82, 2.24) is 0 Å². The Labute approximate surface area is 78.6 Å². The average molecular weight is 233 g/mol. The summed E-state index contributed by atoms with van der Waals surface area (Å²) >= 11 is 5.05. The van der Waals surface area contributed by atoms with Crippen molar-refractivity contribution in [2.75, 3.05) is 0 Å². The number of Topliss-reactive ketones (excluding diaryl/α,β-unsaturated/α-hetero) is 1. The number of hydrogen-bond donors (Lipinski definition) is 0. The van der Waals surface area contributed by atoms with Crippen LogP contribution in [0.1, 0.15) is 27.0 Å². The third-order valence-corrected chi connectivity index (χ3v) is 3.81. The van der Waals surface area contributed by atoms with Crippen molar-refractivity contribution in [1.29, 1.82) is 0 Å². The number of ketones is 1. The number of carbonyl (C=O) groups excluding carboxylic acids is 1. The fourth-order valence-electron chi connectivity index (χ4n) is 1.06. The van der Waals surface area contributed by atoms with E-state index in [4.69, 9.17) is 0 Å². The highest BCUT2D eigenvalue weighted by atomic mass is 79.9. The van der Waals surface area contributed by atoms with Gasteiger partial charge in [0.05, 0.1) is 0 Å². The topological polar surface area (TPSA) is 17.1 Å². The molecular formula is C8H9BrOS. The number of carbonyl (C=O) groups is 1. The summed E-state index contributed by atoms with van der Waals surface area (Å²) in [7, 11) is 0. The Morgan fingerprint density at radius 1 is 1.36 bits per heavy atom. The van der Waals surface area contributed by atoms with E-state index in [2.05, 4.69) is 15.9 Å². The minimum atomic E-state index is 0.138. The molecule has 0 spiro atoms. The predicted octanol–water partition coefficient (Wildman–Crippen LogP) is 3.33. The summed E-state index contributed by atoms with van der Waals surface area (Å²) in [5.41, 5.74) is 0.840. The van der Waals surface area contributed by atoms with Crippen LogP contribution in [0.25, 0.3) is 0 Å². The lowest BCUT2D eigenvalue weighted by Gasteiger charge is -1.92. The van der Waals surface area contributed by atoms with E-state index in [0.29, 0.717) is 0 Å². The molecule has 0 N–H and O–H groups in total. The zero-order chi connectivity index (χ0) is 8.59. The zero-order valence-corrected chi connectivity index (χ0v) is 9.10. The van der Waals surface area contributed by atoms with Crippen molar-refractivity contribution in [3.8, 4) is 0 Å². The minimum Gasteiger partial charge on any atom is -0.294 e. The molecule has 0 aliphatic rings. The standard InChI is InChI=1S/C8H9BrOS/c1-4(10)7-5(2)11-6(3)8(7)9/h1-3H3. The number of thiophene rings is 1. The van der Waals surface area contributed by atoms with Crippen LogP contribution in [-0.4, -0.2) is 5.78 Å². The second-order valence-electron chi connectivity index (χ2n) is 2.46. The normalized spacial score (nSPS) is 10.2. The van der Waals surface area contributed by atoms with Gasteiger partial charge in [0.15, 0.2) is 5.78 Å². The third kappa shape index (κ3) is 1.54. The summed E-state index contributed by atoms with van der Waals surface area (Å²) in [6.07, 6.45) is 0. The lowest BCUT2D eigenvalue weighted by molar-refractivity contribution is 0.101. The van der Waals surface area contributed by atoms with Gasteiger partial charge in [-0.15, -0.1) is 11.3 Å². The van der Waals surface area contributed by atoms with Gasteiger partial charge in [0.25, 0.3) is 0 Å². The van der Waals surface area contributed by atoms with Gasteiger partial charge in [0.1, 0.15) is 0 Å². The van der Waals surface area contributed by atoms with Crippen molar-refractivity contribution in [2.45, 2.75) is 20.8 Å². The van der Waals surface area contributed by atoms with Gasteiger partial charge in [-0.25, -0.2) is 0 Å². The summed E-state index contributed by atoms with van der Waals surface area (Å²) in [5.74, 6) is 0.138. The number of hydrogen-bond acceptors (Lipinski definition) is 2. The monoisotopic (exact) mass is 232 g/mol. The Hall–Kier alpha value is -0.150. The Kier molecular flexibility index (Phi) is 2.50. The van der Waals surface area contributed by atoms with E-state index in [0.717, 1.165) is 14.9 Å². The highest BCUT2D eigenvalue weighted by Crippen LogP contribution is 2.31. The van der Waals surface area contributed by atoms with Crippen molar-refractivity contribution in [2.24, 2.45) is 0 Å². The van der Waals surface area contributed by atoms with Crippen LogP contribution < -0.4 is 0 Å². The van der Waals surface area contributed by atoms with Gasteiger partial charge >= 0.3 is 0 Å². The highest BCUT2D eigenvalue weighted by molar-refractivity contribution is 9.10. The van der Waals surface area contributed by atoms with E-state index in [1.165, 1.54) is 4.88 Å². The summed E-state index contributed by atoms with van der Waals surface area (Å²) < 4.78 is 0.965. The molecule has 0 atom stereocenters. The van der Waals surface area contributed by atoms with E-state index in [1.54, 1.807) is 18.3 Å². The molecule has 0 bridgehead atoms. The first-order chi connectivity index (χ1) is 5.04. The SMILES string of the molecule is CC(=O)c1c(C)sc(C)c1Br. The Morgan fingerprint density at radius 2 is 1.91 bits per heavy atom. The van der Waals surface area contributed by atoms with Gasteiger partial charge < -0.3 is 0 Å². The predicted molar refractivity (Wildman–Crippen MR) is 51.5 cm³/mol. The van der Waals surface area contributed by atoms with E-state index >= 15 is 0 Å². The molecule has 0 fully saturated rings. The molecule has 1 aromatic rings. The molecule has 1 aromatic heterocycles. The van der Waals surface area contributed by atoms with Crippen LogP contribution in [0.5, 0.6) is 0 Å². The number of aryl methyl sites for hydroxylation is 2. The molecular weight excluding hydrogens is 224 g/mol. The Balaban J connectivity index is 3.34.